The van der Waals surface area contributed by atoms with Gasteiger partial charge >= 0.3 is 0 Å². The topological polar surface area (TPSA) is 71.1 Å². The molecule has 0 atom stereocenters. The van der Waals surface area contributed by atoms with E-state index in [2.05, 4.69) is 15.6 Å². The average Bonchev–Trinajstić information content (AvgIpc) is 2.64. The summed E-state index contributed by atoms with van der Waals surface area (Å²) >= 11 is 0. The van der Waals surface area contributed by atoms with E-state index in [0.29, 0.717) is 0 Å². The van der Waals surface area contributed by atoms with Crippen molar-refractivity contribution in [1.29, 1.82) is 0 Å². The molecular weight excluding hydrogens is 321 g/mol. The van der Waals surface area contributed by atoms with E-state index in [4.69, 9.17) is 0 Å². The van der Waals surface area contributed by atoms with E-state index in [9.17, 15) is 14.0 Å². The molecule has 1 fully saturated rings. The number of benzene rings is 1. The predicted octanol–water partition coefficient (Wildman–Crippen LogP) is 3.54. The van der Waals surface area contributed by atoms with Crippen LogP contribution in [0.3, 0.4) is 0 Å². The van der Waals surface area contributed by atoms with Crippen LogP contribution in [0.5, 0.6) is 0 Å². The Labute approximate surface area is 145 Å². The standard InChI is InChI=1S/C19H20FN3O2/c20-15-8-4-5-9-16(15)23-18(24)13-10-11-21-17(12-13)19(25)22-14-6-2-1-3-7-14/h4-5,8-12,14H,1-3,6-7H2,(H,22,25)(H,23,24). The number of aromatic nitrogens is 1. The Balaban J connectivity index is 1.69. The summed E-state index contributed by atoms with van der Waals surface area (Å²) in [5.74, 6) is -1.29. The highest BCUT2D eigenvalue weighted by atomic mass is 19.1. The maximum Gasteiger partial charge on any atom is 0.270 e. The van der Waals surface area contributed by atoms with Gasteiger partial charge in [-0.3, -0.25) is 14.6 Å². The van der Waals surface area contributed by atoms with E-state index in [-0.39, 0.29) is 28.9 Å². The van der Waals surface area contributed by atoms with Crippen molar-refractivity contribution < 1.29 is 14.0 Å². The maximum absolute atomic E-state index is 13.6. The van der Waals surface area contributed by atoms with Crippen LogP contribution in [0.2, 0.25) is 0 Å². The molecule has 130 valence electrons. The molecule has 6 heteroatoms. The van der Waals surface area contributed by atoms with Crippen LogP contribution in [0.1, 0.15) is 53.0 Å². The molecule has 2 N–H and O–H groups in total. The molecule has 1 aliphatic rings. The van der Waals surface area contributed by atoms with Crippen molar-refractivity contribution in [1.82, 2.24) is 10.3 Å². The van der Waals surface area contributed by atoms with Gasteiger partial charge < -0.3 is 10.6 Å². The molecule has 1 aromatic heterocycles. The van der Waals surface area contributed by atoms with E-state index in [1.54, 1.807) is 12.1 Å². The molecule has 0 bridgehead atoms. The molecule has 0 saturated heterocycles. The Morgan fingerprint density at radius 2 is 1.80 bits per heavy atom. The quantitative estimate of drug-likeness (QED) is 0.893. The van der Waals surface area contributed by atoms with Gasteiger partial charge in [0.1, 0.15) is 11.5 Å². The SMILES string of the molecule is O=C(Nc1ccccc1F)c1ccnc(C(=O)NC2CCCCC2)c1. The first-order valence-electron chi connectivity index (χ1n) is 8.46. The number of amides is 2. The molecule has 0 radical (unpaired) electrons. The summed E-state index contributed by atoms with van der Waals surface area (Å²) in [4.78, 5) is 28.7. The lowest BCUT2D eigenvalue weighted by Crippen LogP contribution is -2.36. The summed E-state index contributed by atoms with van der Waals surface area (Å²) in [7, 11) is 0. The number of halogens is 1. The van der Waals surface area contributed by atoms with Gasteiger partial charge in [0.05, 0.1) is 5.69 Å². The second-order valence-corrected chi connectivity index (χ2v) is 6.17. The van der Waals surface area contributed by atoms with Gasteiger partial charge in [0.25, 0.3) is 11.8 Å². The van der Waals surface area contributed by atoms with Crippen molar-refractivity contribution in [3.8, 4) is 0 Å². The Bertz CT molecular complexity index is 773. The van der Waals surface area contributed by atoms with Crippen LogP contribution in [0, 0.1) is 5.82 Å². The zero-order valence-corrected chi connectivity index (χ0v) is 13.8. The first-order valence-corrected chi connectivity index (χ1v) is 8.46. The normalized spacial score (nSPS) is 14.8. The Morgan fingerprint density at radius 1 is 1.04 bits per heavy atom. The molecule has 1 heterocycles. The first-order chi connectivity index (χ1) is 12.1. The molecule has 0 aliphatic heterocycles. The highest BCUT2D eigenvalue weighted by molar-refractivity contribution is 6.05. The lowest BCUT2D eigenvalue weighted by molar-refractivity contribution is 0.0922. The van der Waals surface area contributed by atoms with Crippen molar-refractivity contribution in [3.05, 3.63) is 59.7 Å². The number of anilines is 1. The predicted molar refractivity (Wildman–Crippen MR) is 92.9 cm³/mol. The number of hydrogen-bond acceptors (Lipinski definition) is 3. The fourth-order valence-electron chi connectivity index (χ4n) is 2.96. The van der Waals surface area contributed by atoms with Crippen LogP contribution in [0.15, 0.2) is 42.6 Å². The van der Waals surface area contributed by atoms with Crippen LogP contribution in [-0.2, 0) is 0 Å². The molecule has 1 aliphatic carbocycles. The van der Waals surface area contributed by atoms with Crippen molar-refractivity contribution in [3.63, 3.8) is 0 Å². The average molecular weight is 341 g/mol. The van der Waals surface area contributed by atoms with Crippen molar-refractivity contribution in [2.24, 2.45) is 0 Å². The second-order valence-electron chi connectivity index (χ2n) is 6.17. The summed E-state index contributed by atoms with van der Waals surface area (Å²) in [5, 5.41) is 5.47. The monoisotopic (exact) mass is 341 g/mol. The highest BCUT2D eigenvalue weighted by Crippen LogP contribution is 2.18. The van der Waals surface area contributed by atoms with Crippen molar-refractivity contribution in [2.45, 2.75) is 38.1 Å². The molecule has 25 heavy (non-hydrogen) atoms. The first kappa shape index (κ1) is 17.1. The molecular formula is C19H20FN3O2. The van der Waals surface area contributed by atoms with Crippen molar-refractivity contribution in [2.75, 3.05) is 5.32 Å². The third-order valence-corrected chi connectivity index (χ3v) is 4.32. The van der Waals surface area contributed by atoms with Crippen LogP contribution >= 0.6 is 0 Å². The van der Waals surface area contributed by atoms with E-state index in [1.807, 2.05) is 0 Å². The molecule has 1 aromatic carbocycles. The van der Waals surface area contributed by atoms with Crippen LogP contribution in [-0.4, -0.2) is 22.8 Å². The number of pyridine rings is 1. The molecule has 0 unspecified atom stereocenters. The highest BCUT2D eigenvalue weighted by Gasteiger charge is 2.18. The summed E-state index contributed by atoms with van der Waals surface area (Å²) in [6, 6.07) is 9.01. The second kappa shape index (κ2) is 7.88. The fraction of sp³-hybridized carbons (Fsp3) is 0.316. The van der Waals surface area contributed by atoms with Gasteiger partial charge in [-0.15, -0.1) is 0 Å². The van der Waals surface area contributed by atoms with Gasteiger partial charge in [-0.25, -0.2) is 4.39 Å². The number of para-hydroxylation sites is 1. The number of hydrogen-bond donors (Lipinski definition) is 2. The van der Waals surface area contributed by atoms with E-state index < -0.39 is 11.7 Å². The van der Waals surface area contributed by atoms with Gasteiger partial charge in [-0.1, -0.05) is 31.4 Å². The molecule has 5 nitrogen and oxygen atoms in total. The minimum Gasteiger partial charge on any atom is -0.348 e. The lowest BCUT2D eigenvalue weighted by Gasteiger charge is -2.22. The number of nitrogens with one attached hydrogen (secondary N) is 2. The number of carbonyl (C=O) groups excluding carboxylic acids is 2. The fourth-order valence-corrected chi connectivity index (χ4v) is 2.96. The summed E-state index contributed by atoms with van der Waals surface area (Å²) in [6.07, 6.45) is 6.79. The Morgan fingerprint density at radius 3 is 2.56 bits per heavy atom. The van der Waals surface area contributed by atoms with Crippen molar-refractivity contribution >= 4 is 17.5 Å². The van der Waals surface area contributed by atoms with Gasteiger partial charge in [0.15, 0.2) is 0 Å². The molecule has 2 aromatic rings. The third kappa shape index (κ3) is 4.41. The Hall–Kier alpha value is -2.76. The number of nitrogens with zero attached hydrogens (tertiary/aromatic N) is 1. The third-order valence-electron chi connectivity index (χ3n) is 4.32. The summed E-state index contributed by atoms with van der Waals surface area (Å²) < 4.78 is 13.6. The maximum atomic E-state index is 13.6. The number of rotatable bonds is 4. The zero-order valence-electron chi connectivity index (χ0n) is 13.8. The smallest absolute Gasteiger partial charge is 0.270 e. The number of carbonyl (C=O) groups is 2. The van der Waals surface area contributed by atoms with Gasteiger partial charge in [-0.05, 0) is 37.1 Å². The van der Waals surface area contributed by atoms with Crippen LogP contribution in [0.4, 0.5) is 10.1 Å². The zero-order chi connectivity index (χ0) is 17.6. The molecule has 2 amide bonds. The van der Waals surface area contributed by atoms with Gasteiger partial charge in [0.2, 0.25) is 0 Å². The van der Waals surface area contributed by atoms with Gasteiger partial charge in [-0.2, -0.15) is 0 Å². The van der Waals surface area contributed by atoms with Crippen LogP contribution < -0.4 is 10.6 Å². The minimum absolute atomic E-state index is 0.0949. The van der Waals surface area contributed by atoms with E-state index in [0.717, 1.165) is 25.7 Å². The summed E-state index contributed by atoms with van der Waals surface area (Å²) in [5.41, 5.74) is 0.538. The Kier molecular flexibility index (Phi) is 5.38. The van der Waals surface area contributed by atoms with E-state index >= 15 is 0 Å². The minimum atomic E-state index is -0.514. The van der Waals surface area contributed by atoms with Gasteiger partial charge in [0, 0.05) is 17.8 Å². The lowest BCUT2D eigenvalue weighted by atomic mass is 9.95. The van der Waals surface area contributed by atoms with Crippen LogP contribution in [0.25, 0.3) is 0 Å². The molecule has 1 saturated carbocycles. The molecule has 3 rings (SSSR count). The van der Waals surface area contributed by atoms with E-state index in [1.165, 1.54) is 36.9 Å². The largest absolute Gasteiger partial charge is 0.348 e. The summed E-state index contributed by atoms with van der Waals surface area (Å²) in [6.45, 7) is 0. The molecule has 0 spiro atoms.